The third kappa shape index (κ3) is 3.70. The largest absolute Gasteiger partial charge is 0.393 e. The molecule has 1 aliphatic rings. The quantitative estimate of drug-likeness (QED) is 0.813. The van der Waals surface area contributed by atoms with E-state index in [2.05, 4.69) is 29.1 Å². The van der Waals surface area contributed by atoms with Gasteiger partial charge in [-0.25, -0.2) is 9.97 Å². The summed E-state index contributed by atoms with van der Waals surface area (Å²) in [5.74, 6) is 1.87. The van der Waals surface area contributed by atoms with Crippen LogP contribution in [0.1, 0.15) is 45.0 Å². The number of halogens is 1. The van der Waals surface area contributed by atoms with Crippen LogP contribution in [0.25, 0.3) is 0 Å². The average Bonchev–Trinajstić information content (AvgIpc) is 2.87. The third-order valence-electron chi connectivity index (χ3n) is 3.15. The van der Waals surface area contributed by atoms with Crippen LogP contribution in [-0.2, 0) is 4.74 Å². The van der Waals surface area contributed by atoms with Crippen LogP contribution in [0, 0.1) is 5.92 Å². The van der Waals surface area contributed by atoms with E-state index in [0.717, 1.165) is 32.4 Å². The lowest BCUT2D eigenvalue weighted by molar-refractivity contribution is 0.105. The van der Waals surface area contributed by atoms with E-state index in [-0.39, 0.29) is 6.10 Å². The summed E-state index contributed by atoms with van der Waals surface area (Å²) in [6, 6.07) is 0. The first-order chi connectivity index (χ1) is 9.08. The number of aromatic nitrogens is 2. The summed E-state index contributed by atoms with van der Waals surface area (Å²) < 4.78 is 5.58. The number of hydrogen-bond donors (Lipinski definition) is 2. The molecule has 0 radical (unpaired) electrons. The van der Waals surface area contributed by atoms with Crippen molar-refractivity contribution in [3.8, 4) is 0 Å². The molecule has 1 fully saturated rings. The molecule has 2 heterocycles. The molecule has 1 aliphatic heterocycles. The first kappa shape index (κ1) is 14.3. The monoisotopic (exact) mass is 284 g/mol. The van der Waals surface area contributed by atoms with Gasteiger partial charge in [0.05, 0.1) is 0 Å². The number of nitrogens with one attached hydrogen (secondary N) is 1. The average molecular weight is 285 g/mol. The van der Waals surface area contributed by atoms with E-state index in [9.17, 15) is 0 Å². The molecule has 6 heteroatoms. The van der Waals surface area contributed by atoms with Crippen LogP contribution in [0.5, 0.6) is 0 Å². The second-order valence-electron chi connectivity index (χ2n) is 5.25. The Balaban J connectivity index is 2.12. The van der Waals surface area contributed by atoms with Gasteiger partial charge in [-0.1, -0.05) is 25.4 Å². The molecule has 5 nitrogen and oxygen atoms in total. The summed E-state index contributed by atoms with van der Waals surface area (Å²) in [5, 5.41) is 3.53. The topological polar surface area (TPSA) is 73.1 Å². The second-order valence-corrected chi connectivity index (χ2v) is 5.60. The van der Waals surface area contributed by atoms with Crippen LogP contribution in [0.4, 0.5) is 11.5 Å². The van der Waals surface area contributed by atoms with E-state index in [1.165, 1.54) is 0 Å². The molecule has 0 spiro atoms. The maximum atomic E-state index is 6.07. The molecule has 0 aromatic carbocycles. The molecule has 2 rings (SSSR count). The number of hydrogen-bond acceptors (Lipinski definition) is 5. The summed E-state index contributed by atoms with van der Waals surface area (Å²) in [7, 11) is 0. The van der Waals surface area contributed by atoms with Crippen molar-refractivity contribution in [2.24, 2.45) is 5.92 Å². The van der Waals surface area contributed by atoms with Crippen molar-refractivity contribution >= 4 is 23.1 Å². The van der Waals surface area contributed by atoms with E-state index >= 15 is 0 Å². The number of nitrogen functional groups attached to an aromatic ring is 1. The highest BCUT2D eigenvalue weighted by Gasteiger charge is 2.22. The van der Waals surface area contributed by atoms with Gasteiger partial charge in [-0.3, -0.25) is 0 Å². The lowest BCUT2D eigenvalue weighted by atomic mass is 10.1. The Morgan fingerprint density at radius 3 is 2.89 bits per heavy atom. The fourth-order valence-electron chi connectivity index (χ4n) is 2.00. The van der Waals surface area contributed by atoms with Gasteiger partial charge in [0.1, 0.15) is 11.8 Å². The zero-order valence-corrected chi connectivity index (χ0v) is 12.2. The normalized spacial score (nSPS) is 19.1. The Hall–Kier alpha value is -1.07. The van der Waals surface area contributed by atoms with Gasteiger partial charge in [-0.05, 0) is 25.2 Å². The molecule has 1 saturated heterocycles. The first-order valence-corrected chi connectivity index (χ1v) is 7.14. The summed E-state index contributed by atoms with van der Waals surface area (Å²) >= 11 is 6.07. The van der Waals surface area contributed by atoms with Crippen LogP contribution in [0.15, 0.2) is 0 Å². The second kappa shape index (κ2) is 6.39. The molecule has 1 unspecified atom stereocenters. The Labute approximate surface area is 118 Å². The minimum absolute atomic E-state index is 0.0521. The Bertz CT molecular complexity index is 433. The lowest BCUT2D eigenvalue weighted by Gasteiger charge is -2.14. The van der Waals surface area contributed by atoms with Crippen molar-refractivity contribution in [2.45, 2.75) is 39.2 Å². The minimum atomic E-state index is -0.0521. The summed E-state index contributed by atoms with van der Waals surface area (Å²) in [4.78, 5) is 8.68. The summed E-state index contributed by atoms with van der Waals surface area (Å²) in [5.41, 5.74) is 6.32. The van der Waals surface area contributed by atoms with E-state index in [1.54, 1.807) is 0 Å². The molecule has 0 amide bonds. The maximum absolute atomic E-state index is 6.07. The maximum Gasteiger partial charge on any atom is 0.161 e. The third-order valence-corrected chi connectivity index (χ3v) is 3.44. The molecule has 3 N–H and O–H groups in total. The van der Waals surface area contributed by atoms with Crippen molar-refractivity contribution < 1.29 is 4.74 Å². The van der Waals surface area contributed by atoms with Crippen LogP contribution in [0.3, 0.4) is 0 Å². The van der Waals surface area contributed by atoms with Crippen LogP contribution in [-0.4, -0.2) is 23.1 Å². The fraction of sp³-hybridized carbons (Fsp3) is 0.692. The molecule has 106 valence electrons. The highest BCUT2D eigenvalue weighted by molar-refractivity contribution is 6.32. The number of ether oxygens (including phenoxy) is 1. The van der Waals surface area contributed by atoms with Gasteiger partial charge in [0.2, 0.25) is 0 Å². The standard InChI is InChI=1S/C13H21ClN4O/c1-8(2)5-6-16-13-10(15)11(14)17-12(18-13)9-4-3-7-19-9/h8-9H,3-7,15H2,1-2H3,(H,16,17,18). The molecule has 19 heavy (non-hydrogen) atoms. The van der Waals surface area contributed by atoms with Gasteiger partial charge in [0, 0.05) is 13.2 Å². The van der Waals surface area contributed by atoms with Gasteiger partial charge < -0.3 is 15.8 Å². The predicted octanol–water partition coefficient (Wildman–Crippen LogP) is 3.02. The zero-order valence-electron chi connectivity index (χ0n) is 11.4. The van der Waals surface area contributed by atoms with Gasteiger partial charge in [-0.2, -0.15) is 0 Å². The minimum Gasteiger partial charge on any atom is -0.393 e. The smallest absolute Gasteiger partial charge is 0.161 e. The zero-order chi connectivity index (χ0) is 13.8. The van der Waals surface area contributed by atoms with Crippen molar-refractivity contribution in [2.75, 3.05) is 24.2 Å². The van der Waals surface area contributed by atoms with Crippen LogP contribution >= 0.6 is 11.6 Å². The Kier molecular flexibility index (Phi) is 4.82. The van der Waals surface area contributed by atoms with Crippen molar-refractivity contribution in [3.63, 3.8) is 0 Å². The highest BCUT2D eigenvalue weighted by atomic mass is 35.5. The summed E-state index contributed by atoms with van der Waals surface area (Å²) in [6.07, 6.45) is 2.97. The SMILES string of the molecule is CC(C)CCNc1nc(C2CCCO2)nc(Cl)c1N. The molecule has 1 aromatic heterocycles. The van der Waals surface area contributed by atoms with Gasteiger partial charge in [0.15, 0.2) is 16.8 Å². The molecule has 1 aromatic rings. The number of anilines is 2. The molecule has 0 aliphatic carbocycles. The van der Waals surface area contributed by atoms with Crippen LogP contribution < -0.4 is 11.1 Å². The van der Waals surface area contributed by atoms with Crippen molar-refractivity contribution in [3.05, 3.63) is 11.0 Å². The van der Waals surface area contributed by atoms with E-state index in [0.29, 0.717) is 28.4 Å². The van der Waals surface area contributed by atoms with Crippen molar-refractivity contribution in [1.29, 1.82) is 0 Å². The molecular weight excluding hydrogens is 264 g/mol. The number of nitrogens with zero attached hydrogens (tertiary/aromatic N) is 2. The number of rotatable bonds is 5. The Morgan fingerprint density at radius 2 is 2.26 bits per heavy atom. The molecule has 1 atom stereocenters. The van der Waals surface area contributed by atoms with Gasteiger partial charge in [0.25, 0.3) is 0 Å². The van der Waals surface area contributed by atoms with E-state index < -0.39 is 0 Å². The fourth-order valence-corrected chi connectivity index (χ4v) is 2.17. The van der Waals surface area contributed by atoms with E-state index in [1.807, 2.05) is 0 Å². The highest BCUT2D eigenvalue weighted by Crippen LogP contribution is 2.31. The first-order valence-electron chi connectivity index (χ1n) is 6.76. The van der Waals surface area contributed by atoms with Crippen LogP contribution in [0.2, 0.25) is 5.15 Å². The van der Waals surface area contributed by atoms with E-state index in [4.69, 9.17) is 22.1 Å². The molecular formula is C13H21ClN4O. The predicted molar refractivity (Wildman–Crippen MR) is 77.3 cm³/mol. The number of nitrogens with two attached hydrogens (primary N) is 1. The Morgan fingerprint density at radius 1 is 1.47 bits per heavy atom. The van der Waals surface area contributed by atoms with Gasteiger partial charge in [-0.15, -0.1) is 0 Å². The molecule has 0 bridgehead atoms. The van der Waals surface area contributed by atoms with Gasteiger partial charge >= 0.3 is 0 Å². The van der Waals surface area contributed by atoms with Crippen molar-refractivity contribution in [1.82, 2.24) is 9.97 Å². The summed E-state index contributed by atoms with van der Waals surface area (Å²) in [6.45, 7) is 5.93. The molecule has 0 saturated carbocycles. The lowest BCUT2D eigenvalue weighted by Crippen LogP contribution is -2.12.